The summed E-state index contributed by atoms with van der Waals surface area (Å²) in [7, 11) is 0. The zero-order valence-corrected chi connectivity index (χ0v) is 18.5. The van der Waals surface area contributed by atoms with Crippen molar-refractivity contribution in [2.75, 3.05) is 45.1 Å². The van der Waals surface area contributed by atoms with Crippen molar-refractivity contribution in [1.82, 2.24) is 15.5 Å². The molecule has 0 aliphatic carbocycles. The molecule has 0 aromatic heterocycles. The molecule has 29 heavy (non-hydrogen) atoms. The maximum absolute atomic E-state index is 13.3. The Hall–Kier alpha value is -1.38. The summed E-state index contributed by atoms with van der Waals surface area (Å²) in [6.07, 6.45) is 0. The summed E-state index contributed by atoms with van der Waals surface area (Å²) in [5.74, 6) is 0.673. The Kier molecular flexibility index (Phi) is 9.01. The van der Waals surface area contributed by atoms with Gasteiger partial charge in [-0.1, -0.05) is 23.7 Å². The summed E-state index contributed by atoms with van der Waals surface area (Å²) >= 11 is 13.1. The minimum absolute atomic E-state index is 0.114. The number of thioether (sulfide) groups is 1. The van der Waals surface area contributed by atoms with Crippen molar-refractivity contribution in [3.63, 3.8) is 0 Å². The van der Waals surface area contributed by atoms with E-state index in [1.165, 1.54) is 17.0 Å². The zero-order chi connectivity index (χ0) is 20.5. The van der Waals surface area contributed by atoms with Crippen LogP contribution in [0.15, 0.2) is 53.4 Å². The Morgan fingerprint density at radius 3 is 2.48 bits per heavy atom. The van der Waals surface area contributed by atoms with Gasteiger partial charge in [0.05, 0.1) is 19.3 Å². The predicted octanol–water partition coefficient (Wildman–Crippen LogP) is 4.11. The van der Waals surface area contributed by atoms with Gasteiger partial charge in [0.2, 0.25) is 0 Å². The van der Waals surface area contributed by atoms with Crippen LogP contribution >= 0.6 is 35.6 Å². The molecule has 3 rings (SSSR count). The second-order valence-corrected chi connectivity index (χ2v) is 8.67. The number of nitrogens with zero attached hydrogens (tertiary/aromatic N) is 1. The number of halogens is 2. The van der Waals surface area contributed by atoms with Gasteiger partial charge < -0.3 is 15.4 Å². The van der Waals surface area contributed by atoms with Gasteiger partial charge in [-0.25, -0.2) is 4.39 Å². The van der Waals surface area contributed by atoms with Crippen LogP contribution in [0, 0.1) is 5.82 Å². The molecular weight excluding hydrogens is 429 g/mol. The molecule has 0 bridgehead atoms. The number of thiocarbonyl (C=S) groups is 1. The minimum atomic E-state index is -0.224. The molecule has 1 heterocycles. The van der Waals surface area contributed by atoms with Gasteiger partial charge in [0.1, 0.15) is 5.82 Å². The summed E-state index contributed by atoms with van der Waals surface area (Å²) < 4.78 is 18.8. The van der Waals surface area contributed by atoms with Crippen LogP contribution in [0.1, 0.15) is 11.6 Å². The molecule has 8 heteroatoms. The summed E-state index contributed by atoms with van der Waals surface area (Å²) in [6, 6.07) is 14.6. The van der Waals surface area contributed by atoms with E-state index in [4.69, 9.17) is 28.6 Å². The highest BCUT2D eigenvalue weighted by Gasteiger charge is 2.22. The van der Waals surface area contributed by atoms with E-state index >= 15 is 0 Å². The first-order valence-corrected chi connectivity index (χ1v) is 11.4. The molecule has 0 unspecified atom stereocenters. The van der Waals surface area contributed by atoms with E-state index in [9.17, 15) is 4.39 Å². The van der Waals surface area contributed by atoms with Crippen LogP contribution in [0.5, 0.6) is 0 Å². The van der Waals surface area contributed by atoms with E-state index in [0.717, 1.165) is 36.0 Å². The normalized spacial score (nSPS) is 15.7. The first-order valence-electron chi connectivity index (χ1n) is 9.59. The molecule has 2 aromatic carbocycles. The van der Waals surface area contributed by atoms with Crippen molar-refractivity contribution in [3.05, 3.63) is 64.9 Å². The summed E-state index contributed by atoms with van der Waals surface area (Å²) in [5.41, 5.74) is 1.07. The van der Waals surface area contributed by atoms with Gasteiger partial charge in [0, 0.05) is 41.8 Å². The van der Waals surface area contributed by atoms with Crippen molar-refractivity contribution < 1.29 is 9.13 Å². The number of hydrogen-bond acceptors (Lipinski definition) is 4. The second-order valence-electron chi connectivity index (χ2n) is 6.65. The fraction of sp³-hybridized carbons (Fsp3) is 0.381. The second kappa shape index (κ2) is 11.7. The largest absolute Gasteiger partial charge is 0.379 e. The van der Waals surface area contributed by atoms with Crippen LogP contribution in [0.2, 0.25) is 5.02 Å². The number of benzene rings is 2. The maximum Gasteiger partial charge on any atom is 0.166 e. The summed E-state index contributed by atoms with van der Waals surface area (Å²) in [5, 5.41) is 7.94. The average Bonchev–Trinajstić information content (AvgIpc) is 2.75. The highest BCUT2D eigenvalue weighted by molar-refractivity contribution is 7.99. The van der Waals surface area contributed by atoms with Gasteiger partial charge in [-0.2, -0.15) is 0 Å². The van der Waals surface area contributed by atoms with Crippen LogP contribution < -0.4 is 10.6 Å². The number of nitrogens with one attached hydrogen (secondary N) is 2. The van der Waals surface area contributed by atoms with Crippen LogP contribution in [0.4, 0.5) is 4.39 Å². The van der Waals surface area contributed by atoms with E-state index in [0.29, 0.717) is 24.9 Å². The Morgan fingerprint density at radius 2 is 1.79 bits per heavy atom. The summed E-state index contributed by atoms with van der Waals surface area (Å²) in [6.45, 7) is 4.54. The molecule has 2 aromatic rings. The van der Waals surface area contributed by atoms with Gasteiger partial charge in [-0.15, -0.1) is 11.8 Å². The average molecular weight is 454 g/mol. The molecule has 0 amide bonds. The Labute approximate surface area is 186 Å². The molecular formula is C21H25ClFN3OS2. The number of ether oxygens (including phenoxy) is 1. The van der Waals surface area contributed by atoms with Crippen LogP contribution in [-0.2, 0) is 4.74 Å². The number of rotatable bonds is 8. The first-order chi connectivity index (χ1) is 14.1. The molecule has 2 N–H and O–H groups in total. The lowest BCUT2D eigenvalue weighted by Crippen LogP contribution is -2.46. The lowest BCUT2D eigenvalue weighted by molar-refractivity contribution is 0.0170. The third-order valence-electron chi connectivity index (χ3n) is 4.67. The fourth-order valence-electron chi connectivity index (χ4n) is 3.15. The van der Waals surface area contributed by atoms with Crippen molar-refractivity contribution in [2.24, 2.45) is 0 Å². The Morgan fingerprint density at radius 1 is 1.10 bits per heavy atom. The van der Waals surface area contributed by atoms with E-state index in [-0.39, 0.29) is 11.9 Å². The predicted molar refractivity (Wildman–Crippen MR) is 122 cm³/mol. The van der Waals surface area contributed by atoms with E-state index in [1.54, 1.807) is 11.8 Å². The van der Waals surface area contributed by atoms with Crippen LogP contribution in [0.25, 0.3) is 0 Å². The maximum atomic E-state index is 13.3. The van der Waals surface area contributed by atoms with Crippen LogP contribution in [0.3, 0.4) is 0 Å². The molecule has 1 saturated heterocycles. The number of morpholine rings is 1. The minimum Gasteiger partial charge on any atom is -0.379 e. The number of hydrogen-bond donors (Lipinski definition) is 2. The van der Waals surface area contributed by atoms with Gasteiger partial charge in [-0.05, 0) is 54.2 Å². The lowest BCUT2D eigenvalue weighted by Gasteiger charge is -2.35. The van der Waals surface area contributed by atoms with Crippen molar-refractivity contribution in [3.8, 4) is 0 Å². The molecule has 1 aliphatic heterocycles. The van der Waals surface area contributed by atoms with Crippen LogP contribution in [-0.4, -0.2) is 55.2 Å². The third-order valence-corrected chi connectivity index (χ3v) is 6.22. The molecule has 1 fully saturated rings. The first kappa shape index (κ1) is 22.3. The fourth-order valence-corrected chi connectivity index (χ4v) is 4.23. The van der Waals surface area contributed by atoms with Gasteiger partial charge in [0.25, 0.3) is 0 Å². The Bertz CT molecular complexity index is 771. The molecule has 156 valence electrons. The SMILES string of the molecule is Fc1ccc([C@H](CNC(=S)NCCSc2ccc(Cl)cc2)N2CCOCC2)cc1. The van der Waals surface area contributed by atoms with Crippen molar-refractivity contribution >= 4 is 40.7 Å². The lowest BCUT2D eigenvalue weighted by atomic mass is 10.0. The highest BCUT2D eigenvalue weighted by Crippen LogP contribution is 2.22. The standard InChI is InChI=1S/C21H25ClFN3OS2/c22-17-3-7-19(8-4-17)29-14-9-24-21(28)25-15-20(26-10-12-27-13-11-26)16-1-5-18(23)6-2-16/h1-8,20H,9-15H2,(H2,24,25,28)/t20-/m0/s1. The molecule has 1 atom stereocenters. The smallest absolute Gasteiger partial charge is 0.166 e. The van der Waals surface area contributed by atoms with Crippen molar-refractivity contribution in [1.29, 1.82) is 0 Å². The highest BCUT2D eigenvalue weighted by atomic mass is 35.5. The topological polar surface area (TPSA) is 36.5 Å². The zero-order valence-electron chi connectivity index (χ0n) is 16.1. The van der Waals surface area contributed by atoms with Gasteiger partial charge in [0.15, 0.2) is 5.11 Å². The van der Waals surface area contributed by atoms with E-state index in [2.05, 4.69) is 15.5 Å². The van der Waals surface area contributed by atoms with E-state index < -0.39 is 0 Å². The molecule has 4 nitrogen and oxygen atoms in total. The van der Waals surface area contributed by atoms with E-state index in [1.807, 2.05) is 36.4 Å². The quantitative estimate of drug-likeness (QED) is 0.356. The Balaban J connectivity index is 1.45. The van der Waals surface area contributed by atoms with Gasteiger partial charge >= 0.3 is 0 Å². The molecule has 0 spiro atoms. The monoisotopic (exact) mass is 453 g/mol. The third kappa shape index (κ3) is 7.42. The summed E-state index contributed by atoms with van der Waals surface area (Å²) in [4.78, 5) is 3.53. The van der Waals surface area contributed by atoms with Gasteiger partial charge in [-0.3, -0.25) is 4.90 Å². The molecule has 0 radical (unpaired) electrons. The van der Waals surface area contributed by atoms with Crippen molar-refractivity contribution in [2.45, 2.75) is 10.9 Å². The molecule has 1 aliphatic rings. The molecule has 0 saturated carbocycles.